The van der Waals surface area contributed by atoms with Gasteiger partial charge in [0.2, 0.25) is 5.82 Å². The van der Waals surface area contributed by atoms with Crippen LogP contribution in [0.15, 0.2) is 18.2 Å². The van der Waals surface area contributed by atoms with Gasteiger partial charge in [-0.25, -0.2) is 9.78 Å². The Morgan fingerprint density at radius 3 is 2.61 bits per heavy atom. The first-order valence-corrected chi connectivity index (χ1v) is 4.96. The van der Waals surface area contributed by atoms with Gasteiger partial charge in [0.1, 0.15) is 0 Å². The molecule has 0 radical (unpaired) electrons. The molecule has 96 valence electrons. The van der Waals surface area contributed by atoms with Crippen LogP contribution in [0.25, 0.3) is 11.0 Å². The van der Waals surface area contributed by atoms with Gasteiger partial charge in [-0.05, 0) is 18.2 Å². The van der Waals surface area contributed by atoms with Crippen molar-refractivity contribution < 1.29 is 22.7 Å². The Balaban J connectivity index is 2.64. The molecule has 2 rings (SSSR count). The van der Waals surface area contributed by atoms with Gasteiger partial charge in [-0.15, -0.1) is 0 Å². The quantitative estimate of drug-likeness (QED) is 0.737. The number of hydrogen-bond acceptors (Lipinski definition) is 3. The zero-order valence-electron chi connectivity index (χ0n) is 9.58. The minimum atomic E-state index is -4.53. The molecule has 0 aliphatic heterocycles. The average Bonchev–Trinajstić information content (AvgIpc) is 2.65. The highest BCUT2D eigenvalue weighted by Crippen LogP contribution is 2.30. The molecule has 0 N–H and O–H groups in total. The smallest absolute Gasteiger partial charge is 0.449 e. The molecule has 0 aliphatic carbocycles. The molecule has 0 fully saturated rings. The first-order valence-electron chi connectivity index (χ1n) is 4.96. The van der Waals surface area contributed by atoms with Gasteiger partial charge in [-0.1, -0.05) is 0 Å². The highest BCUT2D eigenvalue weighted by atomic mass is 19.4. The monoisotopic (exact) mass is 258 g/mol. The summed E-state index contributed by atoms with van der Waals surface area (Å²) in [5, 5.41) is 0. The summed E-state index contributed by atoms with van der Waals surface area (Å²) in [4.78, 5) is 14.8. The van der Waals surface area contributed by atoms with Crippen molar-refractivity contribution in [1.82, 2.24) is 9.55 Å². The second-order valence-corrected chi connectivity index (χ2v) is 3.69. The summed E-state index contributed by atoms with van der Waals surface area (Å²) in [6.07, 6.45) is -4.53. The molecule has 1 aromatic carbocycles. The fourth-order valence-corrected chi connectivity index (χ4v) is 1.69. The van der Waals surface area contributed by atoms with Crippen LogP contribution in [0.3, 0.4) is 0 Å². The summed E-state index contributed by atoms with van der Waals surface area (Å²) in [5.74, 6) is -1.61. The minimum Gasteiger partial charge on any atom is -0.465 e. The third-order valence-corrected chi connectivity index (χ3v) is 2.56. The van der Waals surface area contributed by atoms with E-state index in [-0.39, 0.29) is 16.6 Å². The predicted octanol–water partition coefficient (Wildman–Crippen LogP) is 2.38. The molecule has 0 unspecified atom stereocenters. The number of hydrogen-bond donors (Lipinski definition) is 0. The van der Waals surface area contributed by atoms with Crippen LogP contribution in [0.5, 0.6) is 0 Å². The highest BCUT2D eigenvalue weighted by molar-refractivity contribution is 5.93. The van der Waals surface area contributed by atoms with E-state index in [0.717, 1.165) is 4.57 Å². The number of imidazole rings is 1. The maximum Gasteiger partial charge on any atom is 0.449 e. The number of alkyl halides is 3. The number of esters is 1. The largest absolute Gasteiger partial charge is 0.465 e. The molecule has 0 spiro atoms. The molecule has 0 saturated carbocycles. The second-order valence-electron chi connectivity index (χ2n) is 3.69. The molecular weight excluding hydrogens is 249 g/mol. The molecule has 18 heavy (non-hydrogen) atoms. The van der Waals surface area contributed by atoms with Crippen LogP contribution >= 0.6 is 0 Å². The topological polar surface area (TPSA) is 44.1 Å². The number of carbonyl (C=O) groups excluding carboxylic acids is 1. The van der Waals surface area contributed by atoms with E-state index >= 15 is 0 Å². The van der Waals surface area contributed by atoms with Crippen LogP contribution in [-0.2, 0) is 18.0 Å². The zero-order valence-corrected chi connectivity index (χ0v) is 9.58. The van der Waals surface area contributed by atoms with Crippen LogP contribution in [0.4, 0.5) is 13.2 Å². The Kier molecular flexibility index (Phi) is 2.76. The van der Waals surface area contributed by atoms with E-state index < -0.39 is 18.0 Å². The van der Waals surface area contributed by atoms with Crippen LogP contribution in [0.1, 0.15) is 16.2 Å². The number of aryl methyl sites for hydroxylation is 1. The van der Waals surface area contributed by atoms with E-state index in [1.54, 1.807) is 0 Å². The second kappa shape index (κ2) is 4.01. The SMILES string of the molecule is COC(=O)c1ccc2nc(C(F)(F)F)n(C)c2c1. The molecule has 0 amide bonds. The van der Waals surface area contributed by atoms with Crippen molar-refractivity contribution in [3.63, 3.8) is 0 Å². The van der Waals surface area contributed by atoms with Crippen LogP contribution < -0.4 is 0 Å². The van der Waals surface area contributed by atoms with Gasteiger partial charge in [-0.3, -0.25) is 0 Å². The molecule has 0 bridgehead atoms. The number of methoxy groups -OCH3 is 1. The standard InChI is InChI=1S/C11H9F3N2O2/c1-16-8-5-6(9(17)18-2)3-4-7(8)15-10(16)11(12,13)14/h3-5H,1-2H3. The lowest BCUT2D eigenvalue weighted by atomic mass is 10.2. The summed E-state index contributed by atoms with van der Waals surface area (Å²) in [7, 11) is 2.45. The summed E-state index contributed by atoms with van der Waals surface area (Å²) in [6.45, 7) is 0. The summed E-state index contributed by atoms with van der Waals surface area (Å²) >= 11 is 0. The van der Waals surface area contributed by atoms with Crippen LogP contribution in [0.2, 0.25) is 0 Å². The molecule has 2 aromatic rings. The molecule has 0 saturated heterocycles. The van der Waals surface area contributed by atoms with Crippen molar-refractivity contribution >= 4 is 17.0 Å². The van der Waals surface area contributed by atoms with Gasteiger partial charge in [0.25, 0.3) is 0 Å². The van der Waals surface area contributed by atoms with Gasteiger partial charge in [-0.2, -0.15) is 13.2 Å². The number of rotatable bonds is 1. The number of ether oxygens (including phenoxy) is 1. The van der Waals surface area contributed by atoms with Crippen molar-refractivity contribution in [2.45, 2.75) is 6.18 Å². The Bertz CT molecular complexity index is 617. The number of halogens is 3. The molecule has 1 aromatic heterocycles. The summed E-state index contributed by atoms with van der Waals surface area (Å²) in [5.41, 5.74) is 0.587. The average molecular weight is 258 g/mol. The summed E-state index contributed by atoms with van der Waals surface area (Å²) in [6, 6.07) is 4.06. The van der Waals surface area contributed by atoms with E-state index in [9.17, 15) is 18.0 Å². The maximum absolute atomic E-state index is 12.6. The molecule has 0 aliphatic rings. The first-order chi connectivity index (χ1) is 8.34. The fraction of sp³-hybridized carbons (Fsp3) is 0.273. The number of aromatic nitrogens is 2. The Morgan fingerprint density at radius 1 is 1.39 bits per heavy atom. The van der Waals surface area contributed by atoms with Crippen molar-refractivity contribution in [3.8, 4) is 0 Å². The van der Waals surface area contributed by atoms with Gasteiger partial charge in [0.05, 0.1) is 23.7 Å². The maximum atomic E-state index is 12.6. The first kappa shape index (κ1) is 12.4. The summed E-state index contributed by atoms with van der Waals surface area (Å²) < 4.78 is 43.3. The fourth-order valence-electron chi connectivity index (χ4n) is 1.69. The molecular formula is C11H9F3N2O2. The van der Waals surface area contributed by atoms with Gasteiger partial charge < -0.3 is 9.30 Å². The number of benzene rings is 1. The highest BCUT2D eigenvalue weighted by Gasteiger charge is 2.36. The number of carbonyl (C=O) groups is 1. The van der Waals surface area contributed by atoms with Crippen molar-refractivity contribution in [2.75, 3.05) is 7.11 Å². The van der Waals surface area contributed by atoms with Crippen molar-refractivity contribution in [1.29, 1.82) is 0 Å². The van der Waals surface area contributed by atoms with E-state index in [1.807, 2.05) is 0 Å². The lowest BCUT2D eigenvalue weighted by Crippen LogP contribution is -2.12. The zero-order chi connectivity index (χ0) is 13.5. The van der Waals surface area contributed by atoms with Crippen molar-refractivity contribution in [2.24, 2.45) is 7.05 Å². The number of nitrogens with zero attached hydrogens (tertiary/aromatic N) is 2. The third-order valence-electron chi connectivity index (χ3n) is 2.56. The minimum absolute atomic E-state index is 0.178. The van der Waals surface area contributed by atoms with Crippen molar-refractivity contribution in [3.05, 3.63) is 29.6 Å². The molecule has 0 atom stereocenters. The molecule has 7 heteroatoms. The van der Waals surface area contributed by atoms with Gasteiger partial charge in [0, 0.05) is 7.05 Å². The molecule has 4 nitrogen and oxygen atoms in total. The Hall–Kier alpha value is -2.05. The van der Waals surface area contributed by atoms with Crippen LogP contribution in [-0.4, -0.2) is 22.6 Å². The van der Waals surface area contributed by atoms with E-state index in [2.05, 4.69) is 9.72 Å². The van der Waals surface area contributed by atoms with E-state index in [1.165, 1.54) is 32.4 Å². The van der Waals surface area contributed by atoms with E-state index in [0.29, 0.717) is 0 Å². The van der Waals surface area contributed by atoms with E-state index in [4.69, 9.17) is 0 Å². The Labute approximate surface area is 100.0 Å². The van der Waals surface area contributed by atoms with Gasteiger partial charge in [0.15, 0.2) is 0 Å². The Morgan fingerprint density at radius 2 is 2.06 bits per heavy atom. The normalized spacial score (nSPS) is 11.8. The third kappa shape index (κ3) is 1.92. The van der Waals surface area contributed by atoms with Crippen LogP contribution in [0, 0.1) is 0 Å². The lowest BCUT2D eigenvalue weighted by molar-refractivity contribution is -0.146. The lowest BCUT2D eigenvalue weighted by Gasteiger charge is -2.05. The van der Waals surface area contributed by atoms with Gasteiger partial charge >= 0.3 is 12.1 Å². The number of fused-ring (bicyclic) bond motifs is 1. The predicted molar refractivity (Wildman–Crippen MR) is 57.1 cm³/mol. The molecule has 1 heterocycles.